The Balaban J connectivity index is 1.75. The Morgan fingerprint density at radius 3 is 2.68 bits per heavy atom. The first kappa shape index (κ1) is 18.0. The standard InChI is InChI=1S/C18H24BNO5/c1-10(2)16(18(22)25-13-5-4-6-13)20-17(21)14-8-7-12-9-24-19(23)15(12)11(14)3/h7-8,10,13,16,23H,4-6,9H2,1-3H3,(H,20,21)/t16-/m0/s1. The average Bonchev–Trinajstić information content (AvgIpc) is 2.90. The van der Waals surface area contributed by atoms with Crippen molar-refractivity contribution in [3.05, 3.63) is 28.8 Å². The number of esters is 1. The van der Waals surface area contributed by atoms with E-state index in [1.807, 2.05) is 13.8 Å². The molecular weight excluding hydrogens is 321 g/mol. The van der Waals surface area contributed by atoms with Crippen molar-refractivity contribution in [2.45, 2.75) is 58.8 Å². The van der Waals surface area contributed by atoms with Gasteiger partial charge in [0, 0.05) is 5.56 Å². The van der Waals surface area contributed by atoms with E-state index in [1.54, 1.807) is 19.1 Å². The van der Waals surface area contributed by atoms with E-state index in [4.69, 9.17) is 9.39 Å². The van der Waals surface area contributed by atoms with Crippen molar-refractivity contribution in [2.24, 2.45) is 5.92 Å². The summed E-state index contributed by atoms with van der Waals surface area (Å²) in [4.78, 5) is 25.1. The Hall–Kier alpha value is -1.86. The SMILES string of the molecule is Cc1c(C(=O)N[C@H](C(=O)OC2CCC2)C(C)C)ccc2c1B(O)OC2. The fraction of sp³-hybridized carbons (Fsp3) is 0.556. The molecule has 1 heterocycles. The van der Waals surface area contributed by atoms with Gasteiger partial charge in [-0.3, -0.25) is 4.79 Å². The summed E-state index contributed by atoms with van der Waals surface area (Å²) in [5.74, 6) is -0.806. The van der Waals surface area contributed by atoms with E-state index in [0.29, 0.717) is 23.2 Å². The molecule has 25 heavy (non-hydrogen) atoms. The maximum atomic E-state index is 12.7. The highest BCUT2D eigenvalue weighted by Crippen LogP contribution is 2.23. The molecule has 1 atom stereocenters. The van der Waals surface area contributed by atoms with Crippen molar-refractivity contribution in [3.8, 4) is 0 Å². The predicted octanol–water partition coefficient (Wildman–Crippen LogP) is 1.06. The molecule has 0 saturated heterocycles. The molecule has 1 saturated carbocycles. The Bertz CT molecular complexity index is 686. The van der Waals surface area contributed by atoms with Crippen LogP contribution in [0, 0.1) is 12.8 Å². The Labute approximate surface area is 148 Å². The van der Waals surface area contributed by atoms with Crippen LogP contribution in [0.15, 0.2) is 12.1 Å². The van der Waals surface area contributed by atoms with Crippen LogP contribution in [0.5, 0.6) is 0 Å². The number of amides is 1. The summed E-state index contributed by atoms with van der Waals surface area (Å²) < 4.78 is 10.7. The number of ether oxygens (including phenoxy) is 1. The molecule has 0 radical (unpaired) electrons. The molecule has 1 aromatic carbocycles. The molecule has 2 N–H and O–H groups in total. The van der Waals surface area contributed by atoms with E-state index < -0.39 is 13.2 Å². The summed E-state index contributed by atoms with van der Waals surface area (Å²) in [6, 6.07) is 2.80. The van der Waals surface area contributed by atoms with E-state index in [2.05, 4.69) is 5.32 Å². The molecule has 1 aromatic rings. The monoisotopic (exact) mass is 345 g/mol. The smallest absolute Gasteiger partial charge is 0.461 e. The van der Waals surface area contributed by atoms with Gasteiger partial charge < -0.3 is 19.7 Å². The molecule has 0 aromatic heterocycles. The average molecular weight is 345 g/mol. The van der Waals surface area contributed by atoms with Crippen molar-refractivity contribution >= 4 is 24.5 Å². The highest BCUT2D eigenvalue weighted by molar-refractivity contribution is 6.62. The number of fused-ring (bicyclic) bond motifs is 1. The third kappa shape index (κ3) is 3.57. The van der Waals surface area contributed by atoms with Crippen LogP contribution in [-0.2, 0) is 20.8 Å². The van der Waals surface area contributed by atoms with Gasteiger partial charge in [-0.25, -0.2) is 4.79 Å². The molecule has 3 rings (SSSR count). The molecule has 1 aliphatic carbocycles. The number of carbonyl (C=O) groups is 2. The molecule has 0 spiro atoms. The molecule has 6 nitrogen and oxygen atoms in total. The summed E-state index contributed by atoms with van der Waals surface area (Å²) in [5, 5.41) is 12.7. The maximum absolute atomic E-state index is 12.7. The van der Waals surface area contributed by atoms with Gasteiger partial charge in [-0.05, 0) is 54.8 Å². The first-order valence-electron chi connectivity index (χ1n) is 8.82. The van der Waals surface area contributed by atoms with Crippen LogP contribution >= 0.6 is 0 Å². The molecular formula is C18H24BNO5. The third-order valence-corrected chi connectivity index (χ3v) is 5.04. The van der Waals surface area contributed by atoms with Gasteiger partial charge in [0.15, 0.2) is 0 Å². The second-order valence-corrected chi connectivity index (χ2v) is 7.16. The third-order valence-electron chi connectivity index (χ3n) is 5.04. The highest BCUT2D eigenvalue weighted by atomic mass is 16.5. The van der Waals surface area contributed by atoms with Crippen LogP contribution in [0.2, 0.25) is 0 Å². The zero-order valence-electron chi connectivity index (χ0n) is 14.9. The second-order valence-electron chi connectivity index (χ2n) is 7.16. The molecule has 1 fully saturated rings. The summed E-state index contributed by atoms with van der Waals surface area (Å²) in [6.07, 6.45) is 2.85. The van der Waals surface area contributed by atoms with Gasteiger partial charge >= 0.3 is 13.1 Å². The number of nitrogens with one attached hydrogen (secondary N) is 1. The van der Waals surface area contributed by atoms with E-state index in [9.17, 15) is 14.6 Å². The van der Waals surface area contributed by atoms with Gasteiger partial charge in [0.25, 0.3) is 5.91 Å². The van der Waals surface area contributed by atoms with Crippen LogP contribution in [0.4, 0.5) is 0 Å². The summed E-state index contributed by atoms with van der Waals surface area (Å²) in [7, 11) is -1.01. The molecule has 0 unspecified atom stereocenters. The molecule has 134 valence electrons. The Morgan fingerprint density at radius 2 is 2.08 bits per heavy atom. The maximum Gasteiger partial charge on any atom is 0.492 e. The molecule has 2 aliphatic rings. The van der Waals surface area contributed by atoms with Crippen LogP contribution in [0.1, 0.15) is 54.6 Å². The van der Waals surface area contributed by atoms with Crippen LogP contribution in [0.3, 0.4) is 0 Å². The van der Waals surface area contributed by atoms with E-state index in [-0.39, 0.29) is 23.9 Å². The first-order valence-corrected chi connectivity index (χ1v) is 8.82. The molecule has 1 aliphatic heterocycles. The minimum atomic E-state index is -1.01. The lowest BCUT2D eigenvalue weighted by molar-refractivity contribution is -0.156. The lowest BCUT2D eigenvalue weighted by Crippen LogP contribution is -2.47. The topological polar surface area (TPSA) is 84.9 Å². The molecule has 0 bridgehead atoms. The van der Waals surface area contributed by atoms with E-state index >= 15 is 0 Å². The van der Waals surface area contributed by atoms with Gasteiger partial charge in [0.2, 0.25) is 0 Å². The number of carbonyl (C=O) groups excluding carboxylic acids is 2. The minimum absolute atomic E-state index is 0.0142. The zero-order chi connectivity index (χ0) is 18.1. The van der Waals surface area contributed by atoms with Crippen molar-refractivity contribution in [1.29, 1.82) is 0 Å². The molecule has 1 amide bonds. The summed E-state index contributed by atoms with van der Waals surface area (Å²) >= 11 is 0. The molecule has 7 heteroatoms. The van der Waals surface area contributed by atoms with Gasteiger partial charge in [-0.1, -0.05) is 19.9 Å². The van der Waals surface area contributed by atoms with Crippen LogP contribution in [0.25, 0.3) is 0 Å². The van der Waals surface area contributed by atoms with Crippen molar-refractivity contribution in [2.75, 3.05) is 0 Å². The fourth-order valence-corrected chi connectivity index (χ4v) is 3.20. The van der Waals surface area contributed by atoms with Crippen LogP contribution in [-0.4, -0.2) is 36.2 Å². The predicted molar refractivity (Wildman–Crippen MR) is 93.4 cm³/mol. The van der Waals surface area contributed by atoms with Crippen molar-refractivity contribution < 1.29 is 24.0 Å². The number of rotatable bonds is 5. The first-order chi connectivity index (χ1) is 11.9. The largest absolute Gasteiger partial charge is 0.492 e. The van der Waals surface area contributed by atoms with Gasteiger partial charge in [0.05, 0.1) is 6.61 Å². The lowest BCUT2D eigenvalue weighted by atomic mass is 9.75. The quantitative estimate of drug-likeness (QED) is 0.616. The number of benzene rings is 1. The normalized spacial score (nSPS) is 17.9. The van der Waals surface area contributed by atoms with Gasteiger partial charge in [-0.15, -0.1) is 0 Å². The second kappa shape index (κ2) is 7.18. The number of hydrogen-bond donors (Lipinski definition) is 2. The number of hydrogen-bond acceptors (Lipinski definition) is 5. The van der Waals surface area contributed by atoms with Gasteiger partial charge in [-0.2, -0.15) is 0 Å². The fourth-order valence-electron chi connectivity index (χ4n) is 3.20. The minimum Gasteiger partial charge on any atom is -0.461 e. The van der Waals surface area contributed by atoms with Crippen LogP contribution < -0.4 is 10.8 Å². The summed E-state index contributed by atoms with van der Waals surface area (Å²) in [5.41, 5.74) is 2.64. The van der Waals surface area contributed by atoms with E-state index in [0.717, 1.165) is 24.8 Å². The van der Waals surface area contributed by atoms with E-state index in [1.165, 1.54) is 0 Å². The summed E-state index contributed by atoms with van der Waals surface area (Å²) in [6.45, 7) is 5.87. The Morgan fingerprint density at radius 1 is 1.36 bits per heavy atom. The van der Waals surface area contributed by atoms with Crippen molar-refractivity contribution in [1.82, 2.24) is 5.32 Å². The van der Waals surface area contributed by atoms with Gasteiger partial charge in [0.1, 0.15) is 12.1 Å². The zero-order valence-corrected chi connectivity index (χ0v) is 14.9. The highest BCUT2D eigenvalue weighted by Gasteiger charge is 2.33. The lowest BCUT2D eigenvalue weighted by Gasteiger charge is -2.29. The Kier molecular flexibility index (Phi) is 5.15. The van der Waals surface area contributed by atoms with Crippen molar-refractivity contribution in [3.63, 3.8) is 0 Å².